The smallest absolute Gasteiger partial charge is 0.305 e. The zero-order chi connectivity index (χ0) is 11.0. The molecule has 0 aliphatic heterocycles. The third kappa shape index (κ3) is 6.22. The molecule has 0 rings (SSSR count). The van der Waals surface area contributed by atoms with E-state index in [-0.39, 0.29) is 18.5 Å². The lowest BCUT2D eigenvalue weighted by Gasteiger charge is -2.05. The summed E-state index contributed by atoms with van der Waals surface area (Å²) in [6.07, 6.45) is 1.20. The monoisotopic (exact) mass is 199 g/mol. The Morgan fingerprint density at radius 1 is 1.43 bits per heavy atom. The summed E-state index contributed by atoms with van der Waals surface area (Å²) >= 11 is 0. The number of rotatable bonds is 6. The van der Waals surface area contributed by atoms with Gasteiger partial charge in [-0.15, -0.1) is 0 Å². The van der Waals surface area contributed by atoms with Crippen molar-refractivity contribution < 1.29 is 14.3 Å². The van der Waals surface area contributed by atoms with Crippen molar-refractivity contribution in [1.82, 2.24) is 5.32 Å². The van der Waals surface area contributed by atoms with Gasteiger partial charge in [0.2, 0.25) is 5.91 Å². The maximum atomic E-state index is 11.0. The molecule has 0 atom stereocenters. The third-order valence-electron chi connectivity index (χ3n) is 1.49. The van der Waals surface area contributed by atoms with Gasteiger partial charge in [-0.05, 0) is 13.3 Å². The van der Waals surface area contributed by atoms with Crippen LogP contribution in [-0.4, -0.2) is 25.0 Å². The van der Waals surface area contributed by atoms with Crippen molar-refractivity contribution >= 4 is 11.9 Å². The quantitative estimate of drug-likeness (QED) is 0.395. The molecule has 1 amide bonds. The van der Waals surface area contributed by atoms with Crippen molar-refractivity contribution in [3.05, 3.63) is 12.2 Å². The Kier molecular flexibility index (Phi) is 6.45. The lowest BCUT2D eigenvalue weighted by Crippen LogP contribution is -2.28. The van der Waals surface area contributed by atoms with Crippen molar-refractivity contribution in [2.24, 2.45) is 0 Å². The highest BCUT2D eigenvalue weighted by molar-refractivity contribution is 5.92. The summed E-state index contributed by atoms with van der Waals surface area (Å²) in [6, 6.07) is 0. The van der Waals surface area contributed by atoms with Gasteiger partial charge >= 0.3 is 5.97 Å². The Morgan fingerprint density at radius 3 is 2.57 bits per heavy atom. The molecule has 4 heteroatoms. The summed E-state index contributed by atoms with van der Waals surface area (Å²) in [6.45, 7) is 7.56. The molecule has 4 nitrogen and oxygen atoms in total. The Morgan fingerprint density at radius 2 is 2.07 bits per heavy atom. The summed E-state index contributed by atoms with van der Waals surface area (Å²) in [5.41, 5.74) is 0.449. The molecule has 0 aromatic rings. The summed E-state index contributed by atoms with van der Waals surface area (Å²) in [5, 5.41) is 2.56. The van der Waals surface area contributed by atoms with Crippen LogP contribution in [-0.2, 0) is 14.3 Å². The van der Waals surface area contributed by atoms with E-state index in [2.05, 4.69) is 11.9 Å². The summed E-state index contributed by atoms with van der Waals surface area (Å²) in [4.78, 5) is 21.8. The van der Waals surface area contributed by atoms with Crippen LogP contribution in [0.1, 0.15) is 26.7 Å². The van der Waals surface area contributed by atoms with Gasteiger partial charge in [-0.2, -0.15) is 0 Å². The number of carbonyl (C=O) groups is 2. The standard InChI is InChI=1S/C10H17NO3/c1-4-5-9(12)14-7-6-11-10(13)8(2)3/h2,4-7H2,1,3H3,(H,11,13). The zero-order valence-corrected chi connectivity index (χ0v) is 8.76. The Balaban J connectivity index is 3.42. The van der Waals surface area contributed by atoms with E-state index in [1.54, 1.807) is 6.92 Å². The van der Waals surface area contributed by atoms with Crippen LogP contribution in [0.25, 0.3) is 0 Å². The maximum Gasteiger partial charge on any atom is 0.305 e. The molecule has 0 bridgehead atoms. The molecule has 0 radical (unpaired) electrons. The van der Waals surface area contributed by atoms with E-state index in [1.165, 1.54) is 0 Å². The summed E-state index contributed by atoms with van der Waals surface area (Å²) in [5.74, 6) is -0.436. The Labute approximate surface area is 84.3 Å². The van der Waals surface area contributed by atoms with Gasteiger partial charge < -0.3 is 10.1 Å². The lowest BCUT2D eigenvalue weighted by molar-refractivity contribution is -0.143. The Bertz CT molecular complexity index is 223. The molecule has 0 aliphatic carbocycles. The van der Waals surface area contributed by atoms with E-state index in [4.69, 9.17) is 4.74 Å². The number of hydrogen-bond acceptors (Lipinski definition) is 3. The lowest BCUT2D eigenvalue weighted by atomic mass is 10.3. The predicted molar refractivity (Wildman–Crippen MR) is 53.7 cm³/mol. The van der Waals surface area contributed by atoms with Crippen molar-refractivity contribution in [1.29, 1.82) is 0 Å². The molecule has 0 unspecified atom stereocenters. The fourth-order valence-corrected chi connectivity index (χ4v) is 0.757. The molecular weight excluding hydrogens is 182 g/mol. The van der Waals surface area contributed by atoms with E-state index in [0.717, 1.165) is 6.42 Å². The van der Waals surface area contributed by atoms with E-state index >= 15 is 0 Å². The van der Waals surface area contributed by atoms with Gasteiger partial charge in [0.25, 0.3) is 0 Å². The van der Waals surface area contributed by atoms with Gasteiger partial charge in [0.15, 0.2) is 0 Å². The van der Waals surface area contributed by atoms with Gasteiger partial charge in [0.1, 0.15) is 6.61 Å². The molecule has 0 saturated heterocycles. The number of esters is 1. The van der Waals surface area contributed by atoms with Crippen LogP contribution >= 0.6 is 0 Å². The molecule has 0 fully saturated rings. The zero-order valence-electron chi connectivity index (χ0n) is 8.76. The first-order valence-electron chi connectivity index (χ1n) is 4.67. The van der Waals surface area contributed by atoms with Crippen molar-refractivity contribution in [3.8, 4) is 0 Å². The van der Waals surface area contributed by atoms with Crippen molar-refractivity contribution in [2.45, 2.75) is 26.7 Å². The molecule has 0 saturated carbocycles. The SMILES string of the molecule is C=C(C)C(=O)NCCOC(=O)CCC. The number of amides is 1. The van der Waals surface area contributed by atoms with E-state index in [0.29, 0.717) is 18.5 Å². The van der Waals surface area contributed by atoms with E-state index < -0.39 is 0 Å². The second-order valence-electron chi connectivity index (χ2n) is 3.01. The van der Waals surface area contributed by atoms with Gasteiger partial charge in [-0.1, -0.05) is 13.5 Å². The number of hydrogen-bond donors (Lipinski definition) is 1. The Hall–Kier alpha value is -1.32. The molecule has 1 N–H and O–H groups in total. The highest BCUT2D eigenvalue weighted by atomic mass is 16.5. The van der Waals surface area contributed by atoms with Crippen LogP contribution < -0.4 is 5.32 Å². The minimum absolute atomic E-state index is 0.212. The molecule has 14 heavy (non-hydrogen) atoms. The highest BCUT2D eigenvalue weighted by Crippen LogP contribution is 1.90. The molecule has 0 aliphatic rings. The second-order valence-corrected chi connectivity index (χ2v) is 3.01. The largest absolute Gasteiger partial charge is 0.464 e. The van der Waals surface area contributed by atoms with Crippen LogP contribution in [0.4, 0.5) is 0 Å². The van der Waals surface area contributed by atoms with Crippen LogP contribution in [0.3, 0.4) is 0 Å². The molecule has 80 valence electrons. The number of ether oxygens (including phenoxy) is 1. The molecule has 0 spiro atoms. The fourth-order valence-electron chi connectivity index (χ4n) is 0.757. The summed E-state index contributed by atoms with van der Waals surface area (Å²) in [7, 11) is 0. The minimum atomic E-state index is -0.225. The number of carbonyl (C=O) groups excluding carboxylic acids is 2. The van der Waals surface area contributed by atoms with Crippen LogP contribution in [0, 0.1) is 0 Å². The highest BCUT2D eigenvalue weighted by Gasteiger charge is 2.02. The van der Waals surface area contributed by atoms with E-state index in [9.17, 15) is 9.59 Å². The minimum Gasteiger partial charge on any atom is -0.464 e. The van der Waals surface area contributed by atoms with Crippen molar-refractivity contribution in [3.63, 3.8) is 0 Å². The van der Waals surface area contributed by atoms with Gasteiger partial charge in [0.05, 0.1) is 6.54 Å². The first-order valence-corrected chi connectivity index (χ1v) is 4.67. The van der Waals surface area contributed by atoms with E-state index in [1.807, 2.05) is 6.92 Å². The first-order chi connectivity index (χ1) is 6.57. The second kappa shape index (κ2) is 7.12. The van der Waals surface area contributed by atoms with Gasteiger partial charge in [-0.3, -0.25) is 9.59 Å². The normalized spacial score (nSPS) is 9.29. The topological polar surface area (TPSA) is 55.4 Å². The third-order valence-corrected chi connectivity index (χ3v) is 1.49. The molecule has 0 aromatic carbocycles. The molecular formula is C10H17NO3. The van der Waals surface area contributed by atoms with Crippen molar-refractivity contribution in [2.75, 3.05) is 13.2 Å². The first kappa shape index (κ1) is 12.7. The van der Waals surface area contributed by atoms with Crippen LogP contribution in [0.2, 0.25) is 0 Å². The average molecular weight is 199 g/mol. The average Bonchev–Trinajstić information content (AvgIpc) is 2.12. The molecule has 0 aromatic heterocycles. The van der Waals surface area contributed by atoms with Crippen LogP contribution in [0.5, 0.6) is 0 Å². The van der Waals surface area contributed by atoms with Gasteiger partial charge in [-0.25, -0.2) is 0 Å². The maximum absolute atomic E-state index is 11.0. The molecule has 0 heterocycles. The predicted octanol–water partition coefficient (Wildman–Crippen LogP) is 1.02. The fraction of sp³-hybridized carbons (Fsp3) is 0.600. The van der Waals surface area contributed by atoms with Crippen LogP contribution in [0.15, 0.2) is 12.2 Å². The van der Waals surface area contributed by atoms with Gasteiger partial charge in [0, 0.05) is 12.0 Å². The summed E-state index contributed by atoms with van der Waals surface area (Å²) < 4.78 is 4.83. The number of nitrogens with one attached hydrogen (secondary N) is 1.